The highest BCUT2D eigenvalue weighted by Gasteiger charge is 2.05. The normalized spacial score (nSPS) is 11.6. The molecule has 98 valence electrons. The molecule has 1 aromatic carbocycles. The Morgan fingerprint density at radius 3 is 2.72 bits per heavy atom. The maximum Gasteiger partial charge on any atom is 0.0480 e. The summed E-state index contributed by atoms with van der Waals surface area (Å²) in [6.45, 7) is 5.53. The summed E-state index contributed by atoms with van der Waals surface area (Å²) in [5.41, 5.74) is 2.82. The van der Waals surface area contributed by atoms with Crippen LogP contribution in [-0.2, 0) is 13.5 Å². The lowest BCUT2D eigenvalue weighted by Crippen LogP contribution is -2.23. The summed E-state index contributed by atoms with van der Waals surface area (Å²) >= 11 is 0. The van der Waals surface area contributed by atoms with Crippen LogP contribution in [0.15, 0.2) is 30.5 Å². The second kappa shape index (κ2) is 6.05. The lowest BCUT2D eigenvalue weighted by Gasteiger charge is -2.07. The van der Waals surface area contributed by atoms with E-state index in [2.05, 4.69) is 61.2 Å². The van der Waals surface area contributed by atoms with Crippen molar-refractivity contribution < 1.29 is 0 Å². The number of rotatable bonds is 6. The average Bonchev–Trinajstić information content (AvgIpc) is 2.66. The zero-order valence-electron chi connectivity index (χ0n) is 11.7. The average molecular weight is 244 g/mol. The molecule has 0 aliphatic heterocycles. The predicted molar refractivity (Wildman–Crippen MR) is 79.0 cm³/mol. The second-order valence-corrected chi connectivity index (χ2v) is 5.35. The van der Waals surface area contributed by atoms with Gasteiger partial charge in [0.15, 0.2) is 0 Å². The van der Waals surface area contributed by atoms with Crippen molar-refractivity contribution in [3.05, 3.63) is 36.0 Å². The highest BCUT2D eigenvalue weighted by molar-refractivity contribution is 5.83. The number of unbranched alkanes of at least 4 members (excludes halogenated alkanes) is 1. The van der Waals surface area contributed by atoms with Gasteiger partial charge in [0.05, 0.1) is 0 Å². The van der Waals surface area contributed by atoms with E-state index in [-0.39, 0.29) is 0 Å². The van der Waals surface area contributed by atoms with Gasteiger partial charge in [0, 0.05) is 30.2 Å². The van der Waals surface area contributed by atoms with Crippen molar-refractivity contribution in [1.82, 2.24) is 9.88 Å². The molecule has 0 bridgehead atoms. The third-order valence-corrected chi connectivity index (χ3v) is 3.40. The van der Waals surface area contributed by atoms with Gasteiger partial charge in [-0.25, -0.2) is 0 Å². The molecule has 2 rings (SSSR count). The summed E-state index contributed by atoms with van der Waals surface area (Å²) in [4.78, 5) is 0. The number of para-hydroxylation sites is 1. The standard InChI is InChI=1S/C16H24N2/c1-13(2)17-11-7-6-8-14-12-18(3)16-10-5-4-9-15(14)16/h4-5,9-10,12-13,17H,6-8,11H2,1-3H3. The van der Waals surface area contributed by atoms with Crippen molar-refractivity contribution in [3.8, 4) is 0 Å². The van der Waals surface area contributed by atoms with Gasteiger partial charge in [0.25, 0.3) is 0 Å². The maximum absolute atomic E-state index is 3.47. The molecule has 2 aromatic rings. The summed E-state index contributed by atoms with van der Waals surface area (Å²) in [7, 11) is 2.13. The Balaban J connectivity index is 1.92. The Morgan fingerprint density at radius 1 is 1.17 bits per heavy atom. The Bertz CT molecular complexity index is 497. The molecule has 0 saturated heterocycles. The molecule has 1 aromatic heterocycles. The molecule has 2 heteroatoms. The van der Waals surface area contributed by atoms with E-state index >= 15 is 0 Å². The number of hydrogen-bond acceptors (Lipinski definition) is 1. The fourth-order valence-corrected chi connectivity index (χ4v) is 2.46. The summed E-state index contributed by atoms with van der Waals surface area (Å²) in [5, 5.41) is 4.88. The van der Waals surface area contributed by atoms with Gasteiger partial charge in [-0.15, -0.1) is 0 Å². The van der Waals surface area contributed by atoms with Crippen LogP contribution < -0.4 is 5.32 Å². The third kappa shape index (κ3) is 3.14. The van der Waals surface area contributed by atoms with E-state index in [1.807, 2.05) is 0 Å². The molecule has 0 spiro atoms. The van der Waals surface area contributed by atoms with Crippen LogP contribution in [0.4, 0.5) is 0 Å². The van der Waals surface area contributed by atoms with Crippen LogP contribution >= 0.6 is 0 Å². The van der Waals surface area contributed by atoms with Crippen molar-refractivity contribution in [2.75, 3.05) is 6.54 Å². The van der Waals surface area contributed by atoms with Crippen molar-refractivity contribution in [1.29, 1.82) is 0 Å². The third-order valence-electron chi connectivity index (χ3n) is 3.40. The molecule has 0 saturated carbocycles. The molecule has 1 N–H and O–H groups in total. The van der Waals surface area contributed by atoms with Gasteiger partial charge < -0.3 is 9.88 Å². The highest BCUT2D eigenvalue weighted by atomic mass is 14.9. The Labute approximate surface area is 110 Å². The van der Waals surface area contributed by atoms with E-state index in [0.717, 1.165) is 6.54 Å². The Hall–Kier alpha value is -1.28. The van der Waals surface area contributed by atoms with Crippen LogP contribution in [0.25, 0.3) is 10.9 Å². The predicted octanol–water partition coefficient (Wildman–Crippen LogP) is 3.50. The molecule has 0 amide bonds. The molecular weight excluding hydrogens is 220 g/mol. The van der Waals surface area contributed by atoms with Crippen molar-refractivity contribution in [2.24, 2.45) is 7.05 Å². The number of benzene rings is 1. The van der Waals surface area contributed by atoms with Crippen LogP contribution in [0.1, 0.15) is 32.3 Å². The van der Waals surface area contributed by atoms with Crippen molar-refractivity contribution in [3.63, 3.8) is 0 Å². The molecule has 2 nitrogen and oxygen atoms in total. The fourth-order valence-electron chi connectivity index (χ4n) is 2.46. The molecule has 0 aliphatic carbocycles. The van der Waals surface area contributed by atoms with E-state index < -0.39 is 0 Å². The van der Waals surface area contributed by atoms with E-state index in [1.165, 1.54) is 35.7 Å². The Kier molecular flexibility index (Phi) is 4.43. The molecule has 0 unspecified atom stereocenters. The van der Waals surface area contributed by atoms with E-state index in [9.17, 15) is 0 Å². The van der Waals surface area contributed by atoms with E-state index in [0.29, 0.717) is 6.04 Å². The summed E-state index contributed by atoms with van der Waals surface area (Å²) in [5.74, 6) is 0. The molecule has 18 heavy (non-hydrogen) atoms. The van der Waals surface area contributed by atoms with Crippen LogP contribution in [0.3, 0.4) is 0 Å². The Morgan fingerprint density at radius 2 is 1.94 bits per heavy atom. The maximum atomic E-state index is 3.47. The molecule has 0 fully saturated rings. The first kappa shape index (κ1) is 13.2. The van der Waals surface area contributed by atoms with Gasteiger partial charge in [-0.2, -0.15) is 0 Å². The minimum Gasteiger partial charge on any atom is -0.350 e. The summed E-state index contributed by atoms with van der Waals surface area (Å²) in [6, 6.07) is 9.27. The van der Waals surface area contributed by atoms with Gasteiger partial charge in [0.1, 0.15) is 0 Å². The second-order valence-electron chi connectivity index (χ2n) is 5.35. The monoisotopic (exact) mass is 244 g/mol. The van der Waals surface area contributed by atoms with Crippen molar-refractivity contribution in [2.45, 2.75) is 39.2 Å². The molecular formula is C16H24N2. The number of nitrogens with one attached hydrogen (secondary N) is 1. The smallest absolute Gasteiger partial charge is 0.0480 e. The van der Waals surface area contributed by atoms with E-state index in [4.69, 9.17) is 0 Å². The molecule has 0 radical (unpaired) electrons. The lowest BCUT2D eigenvalue weighted by atomic mass is 10.1. The quantitative estimate of drug-likeness (QED) is 0.770. The minimum absolute atomic E-state index is 0.600. The van der Waals surface area contributed by atoms with Crippen LogP contribution in [-0.4, -0.2) is 17.2 Å². The van der Waals surface area contributed by atoms with Gasteiger partial charge in [0.2, 0.25) is 0 Å². The summed E-state index contributed by atoms with van der Waals surface area (Å²) < 4.78 is 2.23. The number of hydrogen-bond donors (Lipinski definition) is 1. The largest absolute Gasteiger partial charge is 0.350 e. The van der Waals surface area contributed by atoms with Crippen LogP contribution in [0.5, 0.6) is 0 Å². The number of aryl methyl sites for hydroxylation is 2. The first-order chi connectivity index (χ1) is 8.68. The first-order valence-electron chi connectivity index (χ1n) is 6.95. The molecule has 1 heterocycles. The minimum atomic E-state index is 0.600. The molecule has 0 aliphatic rings. The summed E-state index contributed by atoms with van der Waals surface area (Å²) in [6.07, 6.45) is 5.97. The number of fused-ring (bicyclic) bond motifs is 1. The zero-order valence-corrected chi connectivity index (χ0v) is 11.7. The van der Waals surface area contributed by atoms with Gasteiger partial charge in [-0.3, -0.25) is 0 Å². The van der Waals surface area contributed by atoms with Gasteiger partial charge >= 0.3 is 0 Å². The van der Waals surface area contributed by atoms with Crippen LogP contribution in [0.2, 0.25) is 0 Å². The zero-order chi connectivity index (χ0) is 13.0. The van der Waals surface area contributed by atoms with Gasteiger partial charge in [-0.05, 0) is 37.4 Å². The topological polar surface area (TPSA) is 17.0 Å². The number of aromatic nitrogens is 1. The van der Waals surface area contributed by atoms with Gasteiger partial charge in [-0.1, -0.05) is 32.0 Å². The number of nitrogens with zero attached hydrogens (tertiary/aromatic N) is 1. The highest BCUT2D eigenvalue weighted by Crippen LogP contribution is 2.21. The van der Waals surface area contributed by atoms with Crippen LogP contribution in [0, 0.1) is 0 Å². The van der Waals surface area contributed by atoms with E-state index in [1.54, 1.807) is 0 Å². The fraction of sp³-hybridized carbons (Fsp3) is 0.500. The van der Waals surface area contributed by atoms with Crippen molar-refractivity contribution >= 4 is 10.9 Å². The first-order valence-corrected chi connectivity index (χ1v) is 6.95. The molecule has 0 atom stereocenters. The SMILES string of the molecule is CC(C)NCCCCc1cn(C)c2ccccc12. The lowest BCUT2D eigenvalue weighted by molar-refractivity contribution is 0.558.